The second-order valence-corrected chi connectivity index (χ2v) is 4.76. The van der Waals surface area contributed by atoms with E-state index in [1.165, 1.54) is 12.1 Å². The normalized spacial score (nSPS) is 13.9. The van der Waals surface area contributed by atoms with E-state index in [0.29, 0.717) is 5.56 Å². The maximum atomic E-state index is 13.0. The van der Waals surface area contributed by atoms with Crippen molar-refractivity contribution in [2.24, 2.45) is 0 Å². The predicted octanol–water partition coefficient (Wildman–Crippen LogP) is 3.40. The highest BCUT2D eigenvalue weighted by Crippen LogP contribution is 2.32. The van der Waals surface area contributed by atoms with E-state index in [2.05, 4.69) is 0 Å². The molecule has 0 aromatic heterocycles. The first kappa shape index (κ1) is 13.6. The molecule has 0 aliphatic heterocycles. The maximum absolute atomic E-state index is 13.0. The first-order valence-corrected chi connectivity index (χ1v) is 6.08. The molecule has 2 nitrogen and oxygen atoms in total. The Morgan fingerprint density at radius 1 is 1.11 bits per heavy atom. The molecule has 100 valence electrons. The zero-order valence-corrected chi connectivity index (χ0v) is 11.3. The zero-order valence-electron chi connectivity index (χ0n) is 11.3. The van der Waals surface area contributed by atoms with Crippen molar-refractivity contribution in [3.05, 3.63) is 65.0 Å². The molecule has 19 heavy (non-hydrogen) atoms. The van der Waals surface area contributed by atoms with Crippen molar-refractivity contribution in [1.82, 2.24) is 0 Å². The molecule has 0 spiro atoms. The number of aliphatic hydroxyl groups is 1. The fourth-order valence-corrected chi connectivity index (χ4v) is 2.24. The molecule has 3 heteroatoms. The van der Waals surface area contributed by atoms with Crippen LogP contribution in [-0.2, 0) is 5.60 Å². The molecule has 2 aromatic carbocycles. The van der Waals surface area contributed by atoms with Gasteiger partial charge in [-0.3, -0.25) is 0 Å². The Hall–Kier alpha value is -1.87. The summed E-state index contributed by atoms with van der Waals surface area (Å²) in [7, 11) is 1.60. The molecular weight excluding hydrogens is 243 g/mol. The van der Waals surface area contributed by atoms with Crippen LogP contribution in [0.1, 0.15) is 23.6 Å². The van der Waals surface area contributed by atoms with Crippen molar-refractivity contribution in [3.63, 3.8) is 0 Å². The van der Waals surface area contributed by atoms with Crippen LogP contribution in [0.5, 0.6) is 5.75 Å². The number of benzene rings is 2. The standard InChI is InChI=1S/C16H17FO2/c1-11-10-14(19-3)8-9-15(11)16(2,18)12-4-6-13(17)7-5-12/h4-10,18H,1-3H3. The highest BCUT2D eigenvalue weighted by Gasteiger charge is 2.27. The van der Waals surface area contributed by atoms with Crippen LogP contribution in [0.15, 0.2) is 42.5 Å². The lowest BCUT2D eigenvalue weighted by Crippen LogP contribution is -2.24. The van der Waals surface area contributed by atoms with Crippen LogP contribution in [0, 0.1) is 12.7 Å². The molecule has 2 rings (SSSR count). The van der Waals surface area contributed by atoms with Gasteiger partial charge < -0.3 is 9.84 Å². The molecule has 0 amide bonds. The number of halogens is 1. The van der Waals surface area contributed by atoms with E-state index >= 15 is 0 Å². The summed E-state index contributed by atoms with van der Waals surface area (Å²) in [5.41, 5.74) is 1.19. The van der Waals surface area contributed by atoms with Crippen LogP contribution in [0.3, 0.4) is 0 Å². The number of rotatable bonds is 3. The number of hydrogen-bond acceptors (Lipinski definition) is 2. The van der Waals surface area contributed by atoms with Crippen molar-refractivity contribution in [3.8, 4) is 5.75 Å². The second-order valence-electron chi connectivity index (χ2n) is 4.76. The fourth-order valence-electron chi connectivity index (χ4n) is 2.24. The Labute approximate surface area is 112 Å². The molecule has 1 N–H and O–H groups in total. The van der Waals surface area contributed by atoms with Gasteiger partial charge in [-0.25, -0.2) is 4.39 Å². The molecule has 0 radical (unpaired) electrons. The molecule has 0 heterocycles. The summed E-state index contributed by atoms with van der Waals surface area (Å²) in [6.45, 7) is 3.62. The minimum Gasteiger partial charge on any atom is -0.497 e. The van der Waals surface area contributed by atoms with Gasteiger partial charge in [-0.2, -0.15) is 0 Å². The number of aryl methyl sites for hydroxylation is 1. The smallest absolute Gasteiger partial charge is 0.123 e. The molecule has 0 saturated heterocycles. The van der Waals surface area contributed by atoms with E-state index in [4.69, 9.17) is 4.74 Å². The number of hydrogen-bond donors (Lipinski definition) is 1. The highest BCUT2D eigenvalue weighted by atomic mass is 19.1. The third-order valence-corrected chi connectivity index (χ3v) is 3.36. The largest absolute Gasteiger partial charge is 0.497 e. The summed E-state index contributed by atoms with van der Waals surface area (Å²) in [6, 6.07) is 11.4. The minimum absolute atomic E-state index is 0.314. The average molecular weight is 260 g/mol. The van der Waals surface area contributed by atoms with E-state index in [1.807, 2.05) is 19.1 Å². The van der Waals surface area contributed by atoms with Crippen LogP contribution >= 0.6 is 0 Å². The van der Waals surface area contributed by atoms with Crippen LogP contribution in [0.25, 0.3) is 0 Å². The summed E-state index contributed by atoms with van der Waals surface area (Å²) >= 11 is 0. The Morgan fingerprint density at radius 3 is 2.26 bits per heavy atom. The third-order valence-electron chi connectivity index (χ3n) is 3.36. The molecule has 2 aromatic rings. The fraction of sp³-hybridized carbons (Fsp3) is 0.250. The van der Waals surface area contributed by atoms with Gasteiger partial charge in [0.2, 0.25) is 0 Å². The lowest BCUT2D eigenvalue weighted by Gasteiger charge is -2.26. The number of methoxy groups -OCH3 is 1. The highest BCUT2D eigenvalue weighted by molar-refractivity contribution is 5.43. The van der Waals surface area contributed by atoms with Crippen LogP contribution in [-0.4, -0.2) is 12.2 Å². The zero-order chi connectivity index (χ0) is 14.0. The molecule has 1 atom stereocenters. The van der Waals surface area contributed by atoms with Gasteiger partial charge in [0.05, 0.1) is 7.11 Å². The molecule has 0 aliphatic carbocycles. The Balaban J connectivity index is 2.46. The summed E-state index contributed by atoms with van der Waals surface area (Å²) in [5.74, 6) is 0.433. The van der Waals surface area contributed by atoms with Crippen LogP contribution in [0.2, 0.25) is 0 Å². The van der Waals surface area contributed by atoms with Crippen molar-refractivity contribution < 1.29 is 14.2 Å². The van der Waals surface area contributed by atoms with Crippen LogP contribution < -0.4 is 4.74 Å². The second kappa shape index (κ2) is 5.02. The van der Waals surface area contributed by atoms with E-state index in [9.17, 15) is 9.50 Å². The molecular formula is C16H17FO2. The average Bonchev–Trinajstić information content (AvgIpc) is 2.38. The first-order valence-electron chi connectivity index (χ1n) is 6.08. The Morgan fingerprint density at radius 2 is 1.74 bits per heavy atom. The number of ether oxygens (including phenoxy) is 1. The molecule has 1 unspecified atom stereocenters. The summed E-state index contributed by atoms with van der Waals surface area (Å²) in [6.07, 6.45) is 0. The minimum atomic E-state index is -1.16. The predicted molar refractivity (Wildman–Crippen MR) is 72.8 cm³/mol. The first-order chi connectivity index (χ1) is 8.95. The molecule has 0 fully saturated rings. The summed E-state index contributed by atoms with van der Waals surface area (Å²) in [5, 5.41) is 10.7. The van der Waals surface area contributed by atoms with Gasteiger partial charge >= 0.3 is 0 Å². The van der Waals surface area contributed by atoms with Crippen molar-refractivity contribution >= 4 is 0 Å². The van der Waals surface area contributed by atoms with E-state index in [1.54, 1.807) is 32.2 Å². The van der Waals surface area contributed by atoms with E-state index in [0.717, 1.165) is 16.9 Å². The summed E-state index contributed by atoms with van der Waals surface area (Å²) < 4.78 is 18.1. The van der Waals surface area contributed by atoms with Crippen LogP contribution in [0.4, 0.5) is 4.39 Å². The molecule has 0 bridgehead atoms. The third kappa shape index (κ3) is 2.61. The Bertz CT molecular complexity index is 574. The van der Waals surface area contributed by atoms with Gasteiger partial charge in [0, 0.05) is 0 Å². The van der Waals surface area contributed by atoms with Gasteiger partial charge in [-0.1, -0.05) is 18.2 Å². The lowest BCUT2D eigenvalue weighted by atomic mass is 9.85. The monoisotopic (exact) mass is 260 g/mol. The van der Waals surface area contributed by atoms with Gasteiger partial charge in [-0.05, 0) is 54.8 Å². The maximum Gasteiger partial charge on any atom is 0.123 e. The van der Waals surface area contributed by atoms with Crippen molar-refractivity contribution in [2.45, 2.75) is 19.4 Å². The molecule has 0 saturated carbocycles. The van der Waals surface area contributed by atoms with Crippen molar-refractivity contribution in [2.75, 3.05) is 7.11 Å². The van der Waals surface area contributed by atoms with Gasteiger partial charge in [-0.15, -0.1) is 0 Å². The van der Waals surface area contributed by atoms with E-state index in [-0.39, 0.29) is 5.82 Å². The molecule has 0 aliphatic rings. The van der Waals surface area contributed by atoms with Crippen molar-refractivity contribution in [1.29, 1.82) is 0 Å². The van der Waals surface area contributed by atoms with Gasteiger partial charge in [0.1, 0.15) is 17.2 Å². The SMILES string of the molecule is COc1ccc(C(C)(O)c2ccc(F)cc2)c(C)c1. The lowest BCUT2D eigenvalue weighted by molar-refractivity contribution is 0.101. The van der Waals surface area contributed by atoms with Gasteiger partial charge in [0.25, 0.3) is 0 Å². The Kier molecular flexibility index (Phi) is 3.58. The van der Waals surface area contributed by atoms with E-state index < -0.39 is 5.60 Å². The topological polar surface area (TPSA) is 29.5 Å². The quantitative estimate of drug-likeness (QED) is 0.916. The summed E-state index contributed by atoms with van der Waals surface area (Å²) in [4.78, 5) is 0. The van der Waals surface area contributed by atoms with Gasteiger partial charge in [0.15, 0.2) is 0 Å².